The Kier molecular flexibility index (Phi) is 5.33. The van der Waals surface area contributed by atoms with Crippen LogP contribution in [0.1, 0.15) is 18.9 Å². The summed E-state index contributed by atoms with van der Waals surface area (Å²) in [5.41, 5.74) is 5.48. The maximum atomic E-state index is 12.0. The van der Waals surface area contributed by atoms with Crippen molar-refractivity contribution in [3.63, 3.8) is 0 Å². The number of anilines is 1. The molecule has 22 heavy (non-hydrogen) atoms. The molecule has 0 atom stereocenters. The van der Waals surface area contributed by atoms with Crippen molar-refractivity contribution in [2.45, 2.75) is 25.3 Å². The van der Waals surface area contributed by atoms with Crippen molar-refractivity contribution < 1.29 is 13.2 Å². The average molecular weight is 342 g/mol. The molecule has 0 aliphatic heterocycles. The third kappa shape index (κ3) is 4.65. The molecule has 2 rings (SSSR count). The molecule has 0 radical (unpaired) electrons. The van der Waals surface area contributed by atoms with Crippen LogP contribution in [0.4, 0.5) is 5.13 Å². The lowest BCUT2D eigenvalue weighted by Gasteiger charge is -2.09. The molecule has 9 heteroatoms. The van der Waals surface area contributed by atoms with Crippen molar-refractivity contribution in [3.8, 4) is 5.75 Å². The second-order valence-electron chi connectivity index (χ2n) is 5.04. The van der Waals surface area contributed by atoms with E-state index in [1.165, 1.54) is 23.5 Å². The molecule has 0 aliphatic carbocycles. The topological polar surface area (TPSA) is 107 Å². The van der Waals surface area contributed by atoms with E-state index >= 15 is 0 Å². The van der Waals surface area contributed by atoms with Gasteiger partial charge in [0.15, 0.2) is 5.01 Å². The first-order chi connectivity index (χ1) is 10.4. The van der Waals surface area contributed by atoms with Crippen molar-refractivity contribution in [1.82, 2.24) is 14.9 Å². The molecule has 0 amide bonds. The number of hydrogen-bond donors (Lipinski definition) is 2. The zero-order valence-electron chi connectivity index (χ0n) is 12.3. The quantitative estimate of drug-likeness (QED) is 0.792. The van der Waals surface area contributed by atoms with Crippen molar-refractivity contribution in [1.29, 1.82) is 0 Å². The van der Waals surface area contributed by atoms with Gasteiger partial charge >= 0.3 is 0 Å². The summed E-state index contributed by atoms with van der Waals surface area (Å²) in [4.78, 5) is 0.209. The summed E-state index contributed by atoms with van der Waals surface area (Å²) in [6.07, 6.45) is 0. The summed E-state index contributed by atoms with van der Waals surface area (Å²) in [5, 5.41) is 8.58. The number of nitrogens with one attached hydrogen (secondary N) is 1. The van der Waals surface area contributed by atoms with Gasteiger partial charge in [-0.25, -0.2) is 13.1 Å². The maximum absolute atomic E-state index is 12.0. The minimum Gasteiger partial charge on any atom is -0.486 e. The number of benzene rings is 1. The Morgan fingerprint density at radius 1 is 1.27 bits per heavy atom. The molecule has 120 valence electrons. The highest BCUT2D eigenvalue weighted by atomic mass is 32.2. The van der Waals surface area contributed by atoms with Crippen LogP contribution < -0.4 is 15.2 Å². The zero-order chi connectivity index (χ0) is 16.2. The number of rotatable bonds is 7. The van der Waals surface area contributed by atoms with Crippen LogP contribution >= 0.6 is 11.3 Å². The molecule has 7 nitrogen and oxygen atoms in total. The lowest BCUT2D eigenvalue weighted by Crippen LogP contribution is -2.27. The van der Waals surface area contributed by atoms with Gasteiger partial charge in [0.25, 0.3) is 0 Å². The minimum absolute atomic E-state index is 0.209. The predicted molar refractivity (Wildman–Crippen MR) is 85.1 cm³/mol. The van der Waals surface area contributed by atoms with Crippen molar-refractivity contribution in [2.75, 3.05) is 12.3 Å². The Morgan fingerprint density at radius 3 is 2.50 bits per heavy atom. The number of aromatic nitrogens is 2. The van der Waals surface area contributed by atoms with Crippen molar-refractivity contribution in [3.05, 3.63) is 29.3 Å². The van der Waals surface area contributed by atoms with Crippen LogP contribution in [-0.2, 0) is 16.6 Å². The van der Waals surface area contributed by atoms with Crippen LogP contribution in [0.15, 0.2) is 29.2 Å². The molecular weight excluding hydrogens is 324 g/mol. The molecule has 0 spiro atoms. The minimum atomic E-state index is -3.48. The van der Waals surface area contributed by atoms with Gasteiger partial charge in [0, 0.05) is 6.54 Å². The molecule has 3 N–H and O–H groups in total. The third-order valence-electron chi connectivity index (χ3n) is 2.66. The van der Waals surface area contributed by atoms with E-state index in [0.717, 1.165) is 0 Å². The van der Waals surface area contributed by atoms with Gasteiger partial charge in [0.1, 0.15) is 12.4 Å². The largest absolute Gasteiger partial charge is 0.486 e. The van der Waals surface area contributed by atoms with Crippen molar-refractivity contribution >= 4 is 26.5 Å². The van der Waals surface area contributed by atoms with Crippen LogP contribution in [-0.4, -0.2) is 25.2 Å². The number of nitrogens with two attached hydrogens (primary N) is 1. The molecule has 0 saturated carbocycles. The molecule has 1 aromatic heterocycles. The van der Waals surface area contributed by atoms with Gasteiger partial charge in [-0.05, 0) is 30.2 Å². The summed E-state index contributed by atoms with van der Waals surface area (Å²) in [5.74, 6) is 0.799. The standard InChI is InChI=1S/C13H18N4O3S2/c1-9(2)7-15-22(18,19)11-5-3-10(4-6-11)20-8-12-16-17-13(14)21-12/h3-6,9,15H,7-8H2,1-2H3,(H2,14,17). The Morgan fingerprint density at radius 2 is 1.95 bits per heavy atom. The first-order valence-electron chi connectivity index (χ1n) is 6.67. The van der Waals surface area contributed by atoms with E-state index in [2.05, 4.69) is 14.9 Å². The van der Waals surface area contributed by atoms with E-state index in [1.807, 2.05) is 13.8 Å². The summed E-state index contributed by atoms with van der Waals surface area (Å²) >= 11 is 1.25. The number of hydrogen-bond acceptors (Lipinski definition) is 7. The fraction of sp³-hybridized carbons (Fsp3) is 0.385. The Hall–Kier alpha value is -1.71. The third-order valence-corrected chi connectivity index (χ3v) is 4.83. The fourth-order valence-corrected chi connectivity index (χ4v) is 3.28. The average Bonchev–Trinajstić information content (AvgIpc) is 2.89. The van der Waals surface area contributed by atoms with Crippen LogP contribution in [0, 0.1) is 5.92 Å². The molecule has 0 fully saturated rings. The van der Waals surface area contributed by atoms with Gasteiger partial charge in [-0.1, -0.05) is 25.2 Å². The number of ether oxygens (including phenoxy) is 1. The van der Waals surface area contributed by atoms with Crippen molar-refractivity contribution in [2.24, 2.45) is 5.92 Å². The highest BCUT2D eigenvalue weighted by Gasteiger charge is 2.14. The normalized spacial score (nSPS) is 11.8. The van der Waals surface area contributed by atoms with Crippen LogP contribution in [0.2, 0.25) is 0 Å². The molecule has 0 saturated heterocycles. The SMILES string of the molecule is CC(C)CNS(=O)(=O)c1ccc(OCc2nnc(N)s2)cc1. The molecule has 0 bridgehead atoms. The summed E-state index contributed by atoms with van der Waals surface area (Å²) < 4.78 is 32.2. The smallest absolute Gasteiger partial charge is 0.240 e. The molecule has 0 unspecified atom stereocenters. The Bertz CT molecular complexity index is 711. The summed E-state index contributed by atoms with van der Waals surface area (Å²) in [6, 6.07) is 6.22. The van der Waals surface area contributed by atoms with Crippen LogP contribution in [0.3, 0.4) is 0 Å². The van der Waals surface area contributed by atoms with Gasteiger partial charge in [0.2, 0.25) is 15.2 Å². The van der Waals surface area contributed by atoms with E-state index in [9.17, 15) is 8.42 Å². The second-order valence-corrected chi connectivity index (χ2v) is 7.90. The number of nitrogen functional groups attached to an aromatic ring is 1. The molecule has 2 aromatic rings. The van der Waals surface area contributed by atoms with E-state index in [-0.39, 0.29) is 17.4 Å². The number of sulfonamides is 1. The molecule has 1 aromatic carbocycles. The van der Waals surface area contributed by atoms with Gasteiger partial charge in [0.05, 0.1) is 4.90 Å². The zero-order valence-corrected chi connectivity index (χ0v) is 13.9. The highest BCUT2D eigenvalue weighted by Crippen LogP contribution is 2.18. The summed E-state index contributed by atoms with van der Waals surface area (Å²) in [7, 11) is -3.48. The molecule has 0 aliphatic rings. The first-order valence-corrected chi connectivity index (χ1v) is 8.97. The number of nitrogens with zero attached hydrogens (tertiary/aromatic N) is 2. The lowest BCUT2D eigenvalue weighted by atomic mass is 10.2. The van der Waals surface area contributed by atoms with E-state index in [0.29, 0.717) is 22.4 Å². The van der Waals surface area contributed by atoms with Gasteiger partial charge < -0.3 is 10.5 Å². The van der Waals surface area contributed by atoms with Gasteiger partial charge in [-0.15, -0.1) is 10.2 Å². The predicted octanol–water partition coefficient (Wildman–Crippen LogP) is 1.63. The van der Waals surface area contributed by atoms with Crippen LogP contribution in [0.5, 0.6) is 5.75 Å². The van der Waals surface area contributed by atoms with E-state index in [4.69, 9.17) is 10.5 Å². The highest BCUT2D eigenvalue weighted by molar-refractivity contribution is 7.89. The monoisotopic (exact) mass is 342 g/mol. The fourth-order valence-electron chi connectivity index (χ4n) is 1.54. The van der Waals surface area contributed by atoms with E-state index in [1.54, 1.807) is 12.1 Å². The Labute approximate surface area is 133 Å². The van der Waals surface area contributed by atoms with E-state index < -0.39 is 10.0 Å². The van der Waals surface area contributed by atoms with Crippen LogP contribution in [0.25, 0.3) is 0 Å². The summed E-state index contributed by atoms with van der Waals surface area (Å²) in [6.45, 7) is 4.53. The molecule has 1 heterocycles. The molecular formula is C13H18N4O3S2. The maximum Gasteiger partial charge on any atom is 0.240 e. The van der Waals surface area contributed by atoms with Gasteiger partial charge in [-0.3, -0.25) is 0 Å². The lowest BCUT2D eigenvalue weighted by molar-refractivity contribution is 0.304. The van der Waals surface area contributed by atoms with Gasteiger partial charge in [-0.2, -0.15) is 0 Å². The Balaban J connectivity index is 1.97. The second kappa shape index (κ2) is 7.03. The first kappa shape index (κ1) is 16.7.